The van der Waals surface area contributed by atoms with Gasteiger partial charge in [-0.2, -0.15) is 0 Å². The molecule has 0 spiro atoms. The molecule has 8 nitrogen and oxygen atoms in total. The molecule has 28 heavy (non-hydrogen) atoms. The van der Waals surface area contributed by atoms with Gasteiger partial charge in [0.2, 0.25) is 0 Å². The van der Waals surface area contributed by atoms with Gasteiger partial charge in [0.05, 0.1) is 5.39 Å². The summed E-state index contributed by atoms with van der Waals surface area (Å²) in [7, 11) is -4.45. The Balaban J connectivity index is 2.03. The highest BCUT2D eigenvalue weighted by Crippen LogP contribution is 2.36. The van der Waals surface area contributed by atoms with E-state index in [0.717, 1.165) is 16.6 Å². The molecule has 0 saturated heterocycles. The number of aromatic hydroxyl groups is 1. The highest BCUT2D eigenvalue weighted by atomic mass is 31.2. The molecule has 0 amide bonds. The molecule has 142 valence electrons. The number of para-hydroxylation sites is 1. The minimum absolute atomic E-state index is 0.0904. The average molecular weight is 397 g/mol. The van der Waals surface area contributed by atoms with Gasteiger partial charge in [0.1, 0.15) is 18.4 Å². The Kier molecular flexibility index (Phi) is 4.39. The molecule has 2 heterocycles. The predicted octanol–water partition coefficient (Wildman–Crippen LogP) is 2.70. The SMILES string of the molecule is O=c1c2c(-c3ccc(O)cc3)cn(-c3ccccc3)c2ncn1CP(=O)(O)O. The molecule has 4 rings (SSSR count). The van der Waals surface area contributed by atoms with E-state index in [1.807, 2.05) is 30.3 Å². The Morgan fingerprint density at radius 2 is 1.68 bits per heavy atom. The van der Waals surface area contributed by atoms with Gasteiger partial charge in [-0.05, 0) is 29.8 Å². The highest BCUT2D eigenvalue weighted by molar-refractivity contribution is 7.50. The van der Waals surface area contributed by atoms with E-state index < -0.39 is 19.4 Å². The summed E-state index contributed by atoms with van der Waals surface area (Å²) >= 11 is 0. The van der Waals surface area contributed by atoms with Crippen molar-refractivity contribution >= 4 is 18.6 Å². The van der Waals surface area contributed by atoms with Crippen LogP contribution in [0.25, 0.3) is 27.8 Å². The number of fused-ring (bicyclic) bond motifs is 1. The van der Waals surface area contributed by atoms with Gasteiger partial charge in [0, 0.05) is 17.4 Å². The molecule has 3 N–H and O–H groups in total. The minimum Gasteiger partial charge on any atom is -0.508 e. The second-order valence-electron chi connectivity index (χ2n) is 6.32. The third-order valence-electron chi connectivity index (χ3n) is 4.32. The third kappa shape index (κ3) is 3.36. The van der Waals surface area contributed by atoms with Crippen LogP contribution in [-0.2, 0) is 10.9 Å². The molecule has 0 fully saturated rings. The molecule has 2 aromatic heterocycles. The molecule has 0 bridgehead atoms. The molecule has 2 aromatic carbocycles. The van der Waals surface area contributed by atoms with Gasteiger partial charge in [0.15, 0.2) is 5.65 Å². The van der Waals surface area contributed by atoms with Crippen LogP contribution in [0.3, 0.4) is 0 Å². The summed E-state index contributed by atoms with van der Waals surface area (Å²) in [4.78, 5) is 35.8. The largest absolute Gasteiger partial charge is 0.508 e. The van der Waals surface area contributed by atoms with Crippen LogP contribution in [-0.4, -0.2) is 29.0 Å². The Bertz CT molecular complexity index is 1260. The van der Waals surface area contributed by atoms with Gasteiger partial charge in [-0.1, -0.05) is 30.3 Å². The topological polar surface area (TPSA) is 118 Å². The fourth-order valence-corrected chi connectivity index (χ4v) is 3.70. The molecule has 0 saturated carbocycles. The number of benzene rings is 2. The van der Waals surface area contributed by atoms with Gasteiger partial charge in [-0.3, -0.25) is 13.9 Å². The van der Waals surface area contributed by atoms with Gasteiger partial charge < -0.3 is 19.5 Å². The predicted molar refractivity (Wildman–Crippen MR) is 104 cm³/mol. The van der Waals surface area contributed by atoms with Gasteiger partial charge in [-0.25, -0.2) is 4.98 Å². The van der Waals surface area contributed by atoms with E-state index in [0.29, 0.717) is 16.8 Å². The first-order valence-corrected chi connectivity index (χ1v) is 10.1. The zero-order valence-corrected chi connectivity index (χ0v) is 15.4. The second-order valence-corrected chi connectivity index (χ2v) is 7.93. The molecule has 0 aliphatic carbocycles. The number of hydrogen-bond donors (Lipinski definition) is 3. The smallest absolute Gasteiger partial charge is 0.345 e. The van der Waals surface area contributed by atoms with Crippen molar-refractivity contribution in [3.8, 4) is 22.6 Å². The quantitative estimate of drug-likeness (QED) is 0.456. The molecule has 0 unspecified atom stereocenters. The monoisotopic (exact) mass is 397 g/mol. The normalized spacial score (nSPS) is 11.8. The molecule has 4 aromatic rings. The summed E-state index contributed by atoms with van der Waals surface area (Å²) in [6.45, 7) is 0. The highest BCUT2D eigenvalue weighted by Gasteiger charge is 2.21. The maximum Gasteiger partial charge on any atom is 0.345 e. The van der Waals surface area contributed by atoms with Crippen molar-refractivity contribution in [1.29, 1.82) is 0 Å². The van der Waals surface area contributed by atoms with E-state index in [4.69, 9.17) is 0 Å². The van der Waals surface area contributed by atoms with Crippen LogP contribution in [0.15, 0.2) is 71.9 Å². The molecular weight excluding hydrogens is 381 g/mol. The van der Waals surface area contributed by atoms with Crippen LogP contribution in [0.2, 0.25) is 0 Å². The maximum absolute atomic E-state index is 13.0. The number of hydrogen-bond acceptors (Lipinski definition) is 4. The van der Waals surface area contributed by atoms with Gasteiger partial charge in [0.25, 0.3) is 5.56 Å². The lowest BCUT2D eigenvalue weighted by molar-refractivity contribution is 0.361. The summed E-state index contributed by atoms with van der Waals surface area (Å²) in [5.74, 6) is 0.0904. The van der Waals surface area contributed by atoms with Crippen molar-refractivity contribution in [2.75, 3.05) is 0 Å². The number of nitrogens with zero attached hydrogens (tertiary/aromatic N) is 3. The maximum atomic E-state index is 13.0. The minimum atomic E-state index is -4.45. The molecule has 0 atom stereocenters. The lowest BCUT2D eigenvalue weighted by atomic mass is 10.1. The first kappa shape index (κ1) is 18.2. The van der Waals surface area contributed by atoms with Crippen molar-refractivity contribution in [1.82, 2.24) is 14.1 Å². The molecule has 9 heteroatoms. The molecule has 0 radical (unpaired) electrons. The number of phenolic OH excluding ortho intramolecular Hbond substituents is 1. The summed E-state index contributed by atoms with van der Waals surface area (Å²) in [6.07, 6.45) is 2.15. The van der Waals surface area contributed by atoms with E-state index in [1.165, 1.54) is 12.1 Å². The van der Waals surface area contributed by atoms with E-state index in [1.54, 1.807) is 22.9 Å². The van der Waals surface area contributed by atoms with E-state index in [2.05, 4.69) is 4.98 Å². The summed E-state index contributed by atoms with van der Waals surface area (Å²) in [5.41, 5.74) is 1.84. The first-order valence-electron chi connectivity index (χ1n) is 8.33. The average Bonchev–Trinajstić information content (AvgIpc) is 3.05. The Morgan fingerprint density at radius 3 is 2.32 bits per heavy atom. The Morgan fingerprint density at radius 1 is 1.00 bits per heavy atom. The number of aromatic nitrogens is 3. The fraction of sp³-hybridized carbons (Fsp3) is 0.0526. The summed E-state index contributed by atoms with van der Waals surface area (Å²) < 4.78 is 14.1. The lowest BCUT2D eigenvalue weighted by Gasteiger charge is -2.08. The van der Waals surface area contributed by atoms with Crippen LogP contribution in [0.4, 0.5) is 0 Å². The van der Waals surface area contributed by atoms with Crippen LogP contribution in [0.5, 0.6) is 5.75 Å². The zero-order chi connectivity index (χ0) is 19.9. The van der Waals surface area contributed by atoms with Crippen LogP contribution < -0.4 is 5.56 Å². The van der Waals surface area contributed by atoms with Gasteiger partial charge in [-0.15, -0.1) is 0 Å². The zero-order valence-electron chi connectivity index (χ0n) is 14.5. The van der Waals surface area contributed by atoms with E-state index in [-0.39, 0.29) is 11.1 Å². The Hall–Kier alpha value is -3.19. The lowest BCUT2D eigenvalue weighted by Crippen LogP contribution is -2.21. The van der Waals surface area contributed by atoms with Crippen LogP contribution >= 0.6 is 7.60 Å². The first-order chi connectivity index (χ1) is 13.3. The number of phenols is 1. The standard InChI is InChI=1S/C19H16N3O5P/c23-15-8-6-13(7-9-15)16-10-22(14-4-2-1-3-5-14)18-17(16)19(24)21(11-20-18)12-28(25,26)27/h1-11,23H,12H2,(H2,25,26,27). The van der Waals surface area contributed by atoms with Crippen molar-refractivity contribution in [2.45, 2.75) is 6.29 Å². The van der Waals surface area contributed by atoms with Crippen LogP contribution in [0.1, 0.15) is 0 Å². The van der Waals surface area contributed by atoms with Crippen molar-refractivity contribution < 1.29 is 19.5 Å². The molecule has 0 aliphatic rings. The van der Waals surface area contributed by atoms with Crippen molar-refractivity contribution in [3.05, 3.63) is 77.5 Å². The van der Waals surface area contributed by atoms with Crippen molar-refractivity contribution in [3.63, 3.8) is 0 Å². The fourth-order valence-electron chi connectivity index (χ4n) is 3.10. The van der Waals surface area contributed by atoms with Gasteiger partial charge >= 0.3 is 7.60 Å². The van der Waals surface area contributed by atoms with E-state index in [9.17, 15) is 24.3 Å². The third-order valence-corrected chi connectivity index (χ3v) is 5.00. The summed E-state index contributed by atoms with van der Waals surface area (Å²) in [5, 5.41) is 9.80. The number of rotatable bonds is 4. The van der Waals surface area contributed by atoms with E-state index >= 15 is 0 Å². The Labute approximate surface area is 159 Å². The molecule has 0 aliphatic heterocycles. The molecular formula is C19H16N3O5P. The second kappa shape index (κ2) is 6.76. The summed E-state index contributed by atoms with van der Waals surface area (Å²) in [6, 6.07) is 15.7. The van der Waals surface area contributed by atoms with Crippen molar-refractivity contribution in [2.24, 2.45) is 0 Å². The van der Waals surface area contributed by atoms with Crippen LogP contribution in [0, 0.1) is 0 Å².